The maximum Gasteiger partial charge on any atom is 0.389 e. The average molecular weight is 291 g/mol. The van der Waals surface area contributed by atoms with E-state index in [9.17, 15) is 13.2 Å². The Kier molecular flexibility index (Phi) is 5.11. The largest absolute Gasteiger partial charge is 0.389 e. The minimum atomic E-state index is -4.13. The molecular formula is C12H16F3N3S. The molecule has 106 valence electrons. The van der Waals surface area contributed by atoms with Crippen LogP contribution in [-0.2, 0) is 0 Å². The maximum atomic E-state index is 12.0. The molecule has 19 heavy (non-hydrogen) atoms. The van der Waals surface area contributed by atoms with Crippen LogP contribution in [0.15, 0.2) is 6.07 Å². The lowest BCUT2D eigenvalue weighted by atomic mass is 10.1. The number of alkyl halides is 3. The van der Waals surface area contributed by atoms with Crippen LogP contribution < -0.4 is 11.1 Å². The number of nitrogens with two attached hydrogens (primary N) is 1. The van der Waals surface area contributed by atoms with Crippen molar-refractivity contribution in [1.29, 1.82) is 0 Å². The predicted octanol–water partition coefficient (Wildman–Crippen LogP) is 3.09. The van der Waals surface area contributed by atoms with Gasteiger partial charge in [-0.15, -0.1) is 0 Å². The van der Waals surface area contributed by atoms with Crippen LogP contribution in [0.3, 0.4) is 0 Å². The molecule has 0 atom stereocenters. The van der Waals surface area contributed by atoms with Gasteiger partial charge in [-0.1, -0.05) is 12.2 Å². The van der Waals surface area contributed by atoms with E-state index in [1.807, 2.05) is 0 Å². The number of nitrogens with zero attached hydrogens (tertiary/aromatic N) is 1. The second kappa shape index (κ2) is 6.18. The van der Waals surface area contributed by atoms with Crippen LogP contribution in [-0.4, -0.2) is 22.7 Å². The van der Waals surface area contributed by atoms with E-state index in [2.05, 4.69) is 10.3 Å². The van der Waals surface area contributed by atoms with Crippen LogP contribution in [0, 0.1) is 13.8 Å². The molecule has 1 rings (SSSR count). The molecule has 0 aliphatic carbocycles. The molecule has 1 aromatic heterocycles. The number of hydrogen-bond donors (Lipinski definition) is 2. The quantitative estimate of drug-likeness (QED) is 0.646. The minimum Gasteiger partial charge on any atom is -0.389 e. The summed E-state index contributed by atoms with van der Waals surface area (Å²) in [6, 6.07) is 1.73. The lowest BCUT2D eigenvalue weighted by Gasteiger charge is -2.14. The monoisotopic (exact) mass is 291 g/mol. The number of aryl methyl sites for hydroxylation is 2. The molecule has 0 unspecified atom stereocenters. The molecule has 0 amide bonds. The number of thiocarbonyl (C=S) groups is 1. The highest BCUT2D eigenvalue weighted by Gasteiger charge is 2.25. The molecule has 3 nitrogen and oxygen atoms in total. The fourth-order valence-electron chi connectivity index (χ4n) is 1.79. The Morgan fingerprint density at radius 3 is 2.58 bits per heavy atom. The van der Waals surface area contributed by atoms with Gasteiger partial charge in [0.25, 0.3) is 0 Å². The zero-order valence-corrected chi connectivity index (χ0v) is 11.6. The van der Waals surface area contributed by atoms with Crippen molar-refractivity contribution in [2.45, 2.75) is 32.9 Å². The van der Waals surface area contributed by atoms with E-state index < -0.39 is 12.6 Å². The summed E-state index contributed by atoms with van der Waals surface area (Å²) in [6.07, 6.45) is -4.94. The van der Waals surface area contributed by atoms with Crippen LogP contribution in [0.25, 0.3) is 0 Å². The van der Waals surface area contributed by atoms with Crippen molar-refractivity contribution < 1.29 is 13.2 Å². The molecule has 0 saturated carbocycles. The number of nitrogens with one attached hydrogen (secondary N) is 1. The lowest BCUT2D eigenvalue weighted by Crippen LogP contribution is -2.17. The van der Waals surface area contributed by atoms with Gasteiger partial charge in [0.05, 0.1) is 5.56 Å². The topological polar surface area (TPSA) is 50.9 Å². The van der Waals surface area contributed by atoms with Crippen molar-refractivity contribution in [3.05, 3.63) is 23.0 Å². The Balaban J connectivity index is 2.75. The highest BCUT2D eigenvalue weighted by Crippen LogP contribution is 2.23. The second-order valence-electron chi connectivity index (χ2n) is 4.28. The fraction of sp³-hybridized carbons (Fsp3) is 0.500. The molecule has 1 aromatic rings. The lowest BCUT2D eigenvalue weighted by molar-refractivity contribution is -0.134. The van der Waals surface area contributed by atoms with Gasteiger partial charge in [-0.2, -0.15) is 13.2 Å². The van der Waals surface area contributed by atoms with E-state index in [4.69, 9.17) is 18.0 Å². The summed E-state index contributed by atoms with van der Waals surface area (Å²) in [5.74, 6) is 0. The highest BCUT2D eigenvalue weighted by atomic mass is 32.1. The molecule has 0 fully saturated rings. The zero-order valence-electron chi connectivity index (χ0n) is 10.8. The van der Waals surface area contributed by atoms with Crippen LogP contribution in [0.1, 0.15) is 29.8 Å². The maximum absolute atomic E-state index is 12.0. The second-order valence-corrected chi connectivity index (χ2v) is 4.72. The molecule has 0 radical (unpaired) electrons. The molecule has 0 aliphatic rings. The zero-order chi connectivity index (χ0) is 14.6. The summed E-state index contributed by atoms with van der Waals surface area (Å²) in [5.41, 5.74) is 8.27. The normalized spacial score (nSPS) is 11.4. The van der Waals surface area contributed by atoms with E-state index in [1.54, 1.807) is 19.9 Å². The molecule has 1 heterocycles. The van der Waals surface area contributed by atoms with Gasteiger partial charge in [0.15, 0.2) is 0 Å². The van der Waals surface area contributed by atoms with E-state index >= 15 is 0 Å². The van der Waals surface area contributed by atoms with Gasteiger partial charge in [0, 0.05) is 30.0 Å². The van der Waals surface area contributed by atoms with Crippen molar-refractivity contribution in [3.8, 4) is 0 Å². The number of halogens is 3. The van der Waals surface area contributed by atoms with Gasteiger partial charge >= 0.3 is 6.18 Å². The summed E-state index contributed by atoms with van der Waals surface area (Å²) < 4.78 is 36.1. The summed E-state index contributed by atoms with van der Waals surface area (Å²) in [6.45, 7) is 3.78. The Bertz CT molecular complexity index is 472. The van der Waals surface area contributed by atoms with E-state index in [-0.39, 0.29) is 18.0 Å². The van der Waals surface area contributed by atoms with Gasteiger partial charge in [-0.3, -0.25) is 4.98 Å². The van der Waals surface area contributed by atoms with Crippen molar-refractivity contribution in [2.24, 2.45) is 5.73 Å². The van der Waals surface area contributed by atoms with E-state index in [0.717, 1.165) is 5.69 Å². The molecule has 0 bridgehead atoms. The molecule has 3 N–H and O–H groups in total. The third-order valence-corrected chi connectivity index (χ3v) is 2.73. The Morgan fingerprint density at radius 1 is 1.42 bits per heavy atom. The Hall–Kier alpha value is -1.37. The summed E-state index contributed by atoms with van der Waals surface area (Å²) in [5, 5.41) is 2.94. The number of hydrogen-bond acceptors (Lipinski definition) is 3. The minimum absolute atomic E-state index is 0.000686. The van der Waals surface area contributed by atoms with Gasteiger partial charge < -0.3 is 11.1 Å². The van der Waals surface area contributed by atoms with E-state index in [0.29, 0.717) is 16.9 Å². The Morgan fingerprint density at radius 2 is 2.05 bits per heavy atom. The number of aromatic nitrogens is 1. The SMILES string of the molecule is Cc1cc(NCCCC(F)(F)F)c(C(N)=S)c(C)n1. The molecule has 0 saturated heterocycles. The predicted molar refractivity (Wildman–Crippen MR) is 73.4 cm³/mol. The third-order valence-electron chi connectivity index (χ3n) is 2.53. The highest BCUT2D eigenvalue weighted by molar-refractivity contribution is 7.80. The van der Waals surface area contributed by atoms with Gasteiger partial charge in [0.2, 0.25) is 0 Å². The fourth-order valence-corrected chi connectivity index (χ4v) is 2.05. The first-order valence-corrected chi connectivity index (χ1v) is 6.20. The summed E-state index contributed by atoms with van der Waals surface area (Å²) in [7, 11) is 0. The molecule has 7 heteroatoms. The number of rotatable bonds is 5. The molecule has 0 aliphatic heterocycles. The van der Waals surface area contributed by atoms with Crippen LogP contribution in [0.2, 0.25) is 0 Å². The van der Waals surface area contributed by atoms with Crippen LogP contribution in [0.5, 0.6) is 0 Å². The van der Waals surface area contributed by atoms with Crippen molar-refractivity contribution in [3.63, 3.8) is 0 Å². The molecule has 0 spiro atoms. The van der Waals surface area contributed by atoms with Crippen molar-refractivity contribution in [1.82, 2.24) is 4.98 Å². The summed E-state index contributed by atoms with van der Waals surface area (Å²) >= 11 is 4.94. The summed E-state index contributed by atoms with van der Waals surface area (Å²) in [4.78, 5) is 4.42. The van der Waals surface area contributed by atoms with Gasteiger partial charge in [0.1, 0.15) is 4.99 Å². The van der Waals surface area contributed by atoms with Gasteiger partial charge in [-0.05, 0) is 26.3 Å². The van der Waals surface area contributed by atoms with Crippen LogP contribution >= 0.6 is 12.2 Å². The standard InChI is InChI=1S/C12H16F3N3S/c1-7-6-9(10(11(16)19)8(2)18-7)17-5-3-4-12(13,14)15/h6H,3-5H2,1-2H3,(H2,16,19)(H,17,18). The first-order chi connectivity index (χ1) is 8.70. The van der Waals surface area contributed by atoms with Crippen LogP contribution in [0.4, 0.5) is 18.9 Å². The molecule has 0 aromatic carbocycles. The van der Waals surface area contributed by atoms with Crippen molar-refractivity contribution >= 4 is 22.9 Å². The number of anilines is 1. The van der Waals surface area contributed by atoms with Gasteiger partial charge in [-0.25, -0.2) is 0 Å². The number of pyridine rings is 1. The third kappa shape index (κ3) is 5.02. The molecular weight excluding hydrogens is 275 g/mol. The van der Waals surface area contributed by atoms with Crippen molar-refractivity contribution in [2.75, 3.05) is 11.9 Å². The first kappa shape index (κ1) is 15.7. The smallest absolute Gasteiger partial charge is 0.389 e. The average Bonchev–Trinajstić information content (AvgIpc) is 2.21. The van der Waals surface area contributed by atoms with E-state index in [1.165, 1.54) is 0 Å². The Labute approximate surface area is 115 Å². The first-order valence-electron chi connectivity index (χ1n) is 5.79.